The maximum absolute atomic E-state index is 12.9. The van der Waals surface area contributed by atoms with Crippen molar-refractivity contribution in [3.63, 3.8) is 0 Å². The fourth-order valence-electron chi connectivity index (χ4n) is 4.63. The Bertz CT molecular complexity index is 948. The van der Waals surface area contributed by atoms with Gasteiger partial charge < -0.3 is 14.6 Å². The monoisotopic (exact) mass is 464 g/mol. The summed E-state index contributed by atoms with van der Waals surface area (Å²) < 4.78 is 11.2. The number of benzene rings is 2. The normalized spacial score (nSPS) is 24.0. The maximum Gasteiger partial charge on any atom is 0.338 e. The number of rotatable bonds is 11. The van der Waals surface area contributed by atoms with Gasteiger partial charge in [-0.3, -0.25) is 4.79 Å². The Morgan fingerprint density at radius 1 is 1.06 bits per heavy atom. The highest BCUT2D eigenvalue weighted by atomic mass is 16.6. The molecule has 182 valence electrons. The highest BCUT2D eigenvalue weighted by Crippen LogP contribution is 2.38. The molecule has 5 nitrogen and oxygen atoms in total. The highest BCUT2D eigenvalue weighted by Gasteiger charge is 2.43. The van der Waals surface area contributed by atoms with E-state index in [1.165, 1.54) is 0 Å². The Morgan fingerprint density at radius 2 is 1.74 bits per heavy atom. The quantitative estimate of drug-likeness (QED) is 0.192. The molecule has 2 aromatic rings. The topological polar surface area (TPSA) is 72.8 Å². The Balaban J connectivity index is 1.71. The van der Waals surface area contributed by atoms with Crippen molar-refractivity contribution in [1.29, 1.82) is 0 Å². The van der Waals surface area contributed by atoms with Crippen LogP contribution in [0.2, 0.25) is 0 Å². The molecule has 0 bridgehead atoms. The number of unbranched alkanes of at least 4 members (excludes halogenated alkanes) is 2. The zero-order valence-electron chi connectivity index (χ0n) is 20.4. The molecule has 1 fully saturated rings. The van der Waals surface area contributed by atoms with Crippen molar-refractivity contribution in [1.82, 2.24) is 0 Å². The van der Waals surface area contributed by atoms with Crippen LogP contribution in [0.1, 0.15) is 63.2 Å². The fourth-order valence-corrected chi connectivity index (χ4v) is 4.63. The van der Waals surface area contributed by atoms with Crippen molar-refractivity contribution >= 4 is 12.4 Å². The average Bonchev–Trinajstić information content (AvgIpc) is 3.12. The van der Waals surface area contributed by atoms with E-state index in [0.717, 1.165) is 30.4 Å². The van der Waals surface area contributed by atoms with Crippen LogP contribution >= 0.6 is 0 Å². The lowest BCUT2D eigenvalue weighted by molar-refractivity contribution is -0.135. The molecule has 0 saturated heterocycles. The van der Waals surface area contributed by atoms with Crippen molar-refractivity contribution in [2.75, 3.05) is 0 Å². The number of esters is 1. The van der Waals surface area contributed by atoms with E-state index in [1.54, 1.807) is 19.1 Å². The molecular weight excluding hydrogens is 428 g/mol. The minimum absolute atomic E-state index is 0.0360. The van der Waals surface area contributed by atoms with Crippen molar-refractivity contribution in [3.8, 4) is 11.1 Å². The molecule has 0 aliphatic heterocycles. The zero-order chi connectivity index (χ0) is 24.6. The summed E-state index contributed by atoms with van der Waals surface area (Å²) in [7, 11) is 0. The molecule has 3 rings (SSSR count). The Morgan fingerprint density at radius 3 is 2.38 bits per heavy atom. The molecule has 0 amide bonds. The first-order valence-corrected chi connectivity index (χ1v) is 12.2. The molecule has 0 spiro atoms. The van der Waals surface area contributed by atoms with Gasteiger partial charge in [0.2, 0.25) is 0 Å². The number of carbonyl (C=O) groups excluding carboxylic acids is 2. The summed E-state index contributed by atoms with van der Waals surface area (Å²) >= 11 is 0. The molecule has 0 radical (unpaired) electrons. The van der Waals surface area contributed by atoms with Crippen LogP contribution in [0, 0.1) is 11.8 Å². The molecule has 1 aliphatic carbocycles. The van der Waals surface area contributed by atoms with Gasteiger partial charge in [-0.2, -0.15) is 0 Å². The maximum atomic E-state index is 12.9. The van der Waals surface area contributed by atoms with Gasteiger partial charge in [-0.1, -0.05) is 87.7 Å². The Kier molecular flexibility index (Phi) is 9.05. The van der Waals surface area contributed by atoms with Crippen LogP contribution in [0.3, 0.4) is 0 Å². The van der Waals surface area contributed by atoms with Crippen LogP contribution in [-0.4, -0.2) is 35.4 Å². The molecule has 1 aliphatic rings. The van der Waals surface area contributed by atoms with Crippen molar-refractivity contribution in [3.05, 3.63) is 72.3 Å². The predicted molar refractivity (Wildman–Crippen MR) is 133 cm³/mol. The third-order valence-corrected chi connectivity index (χ3v) is 6.77. The predicted octanol–water partition coefficient (Wildman–Crippen LogP) is 5.96. The Hall–Kier alpha value is -2.92. The van der Waals surface area contributed by atoms with Crippen LogP contribution in [-0.2, 0) is 14.3 Å². The van der Waals surface area contributed by atoms with Gasteiger partial charge in [-0.15, -0.1) is 0 Å². The van der Waals surface area contributed by atoms with Gasteiger partial charge in [0.1, 0.15) is 12.2 Å². The van der Waals surface area contributed by atoms with E-state index in [-0.39, 0.29) is 17.9 Å². The van der Waals surface area contributed by atoms with Crippen LogP contribution in [0.4, 0.5) is 0 Å². The van der Waals surface area contributed by atoms with Crippen LogP contribution in [0.5, 0.6) is 0 Å². The van der Waals surface area contributed by atoms with E-state index in [2.05, 4.69) is 6.92 Å². The highest BCUT2D eigenvalue weighted by molar-refractivity contribution is 5.90. The van der Waals surface area contributed by atoms with E-state index in [0.29, 0.717) is 24.9 Å². The number of aliphatic hydroxyl groups is 1. The third kappa shape index (κ3) is 6.80. The van der Waals surface area contributed by atoms with Gasteiger partial charge in [-0.25, -0.2) is 4.79 Å². The number of hydrogen-bond acceptors (Lipinski definition) is 5. The summed E-state index contributed by atoms with van der Waals surface area (Å²) in [6.45, 7) is 6.37. The molecule has 1 N–H and O–H groups in total. The van der Waals surface area contributed by atoms with Gasteiger partial charge in [0.15, 0.2) is 0 Å². The second kappa shape index (κ2) is 12.0. The van der Waals surface area contributed by atoms with Gasteiger partial charge in [0.05, 0.1) is 11.2 Å². The number of ether oxygens (including phenoxy) is 2. The Labute approximate surface area is 202 Å². The van der Waals surface area contributed by atoms with E-state index in [4.69, 9.17) is 9.47 Å². The van der Waals surface area contributed by atoms with Gasteiger partial charge >= 0.3 is 5.97 Å². The second-order valence-electron chi connectivity index (χ2n) is 9.50. The van der Waals surface area contributed by atoms with Crippen molar-refractivity contribution < 1.29 is 24.2 Å². The minimum atomic E-state index is -0.930. The van der Waals surface area contributed by atoms with E-state index >= 15 is 0 Å². The largest absolute Gasteiger partial charge is 0.464 e. The molecule has 2 aromatic carbocycles. The molecule has 0 heterocycles. The lowest BCUT2D eigenvalue weighted by atomic mass is 9.91. The summed E-state index contributed by atoms with van der Waals surface area (Å²) in [4.78, 5) is 23.9. The van der Waals surface area contributed by atoms with E-state index in [1.807, 2.05) is 61.5 Å². The summed E-state index contributed by atoms with van der Waals surface area (Å²) in [6, 6.07) is 17.3. The molecule has 34 heavy (non-hydrogen) atoms. The van der Waals surface area contributed by atoms with Gasteiger partial charge in [0, 0.05) is 18.3 Å². The summed E-state index contributed by atoms with van der Waals surface area (Å²) in [6.07, 6.45) is 7.17. The SMILES string of the molecule is CCCCCC(C)(O)/C=C/[C@@H]1[C@@H](C)[C@@H](OC=O)C[C@H]1OC(=O)c1ccc(-c2ccccc2)cc1. The molecule has 1 unspecified atom stereocenters. The van der Waals surface area contributed by atoms with Crippen molar-refractivity contribution in [2.24, 2.45) is 11.8 Å². The molecule has 0 aromatic heterocycles. The first-order chi connectivity index (χ1) is 16.3. The molecule has 5 atom stereocenters. The van der Waals surface area contributed by atoms with Gasteiger partial charge in [0.25, 0.3) is 6.47 Å². The smallest absolute Gasteiger partial charge is 0.338 e. The zero-order valence-corrected chi connectivity index (χ0v) is 20.4. The van der Waals surface area contributed by atoms with Gasteiger partial charge in [-0.05, 0) is 36.6 Å². The molecule has 5 heteroatoms. The summed E-state index contributed by atoms with van der Waals surface area (Å²) in [5, 5.41) is 10.7. The van der Waals surface area contributed by atoms with Crippen LogP contribution in [0.15, 0.2) is 66.7 Å². The second-order valence-corrected chi connectivity index (χ2v) is 9.50. The minimum Gasteiger partial charge on any atom is -0.464 e. The van der Waals surface area contributed by atoms with E-state index in [9.17, 15) is 14.7 Å². The molecular formula is C29H36O5. The number of carbonyl (C=O) groups is 2. The standard InChI is InChI=1S/C29H36O5/c1-4-5-9-17-29(3,32)18-16-25-21(2)26(33-20-30)19-27(25)34-28(31)24-14-12-23(13-15-24)22-10-7-6-8-11-22/h6-8,10-16,18,20-21,25-27,32H,4-5,9,17,19H2,1-3H3/b18-16+/t21-,25-,26+,27-,29?/m1/s1. The molecule has 1 saturated carbocycles. The lowest BCUT2D eigenvalue weighted by Gasteiger charge is -2.23. The lowest BCUT2D eigenvalue weighted by Crippen LogP contribution is -2.26. The number of hydrogen-bond donors (Lipinski definition) is 1. The third-order valence-electron chi connectivity index (χ3n) is 6.77. The van der Waals surface area contributed by atoms with Crippen LogP contribution < -0.4 is 0 Å². The van der Waals surface area contributed by atoms with E-state index < -0.39 is 17.7 Å². The fraction of sp³-hybridized carbons (Fsp3) is 0.448. The first kappa shape index (κ1) is 25.7. The summed E-state index contributed by atoms with van der Waals surface area (Å²) in [5.41, 5.74) is 1.65. The first-order valence-electron chi connectivity index (χ1n) is 12.2. The van der Waals surface area contributed by atoms with Crippen molar-refractivity contribution in [2.45, 2.75) is 70.7 Å². The van der Waals surface area contributed by atoms with Crippen LogP contribution in [0.25, 0.3) is 11.1 Å². The summed E-state index contributed by atoms with van der Waals surface area (Å²) in [5.74, 6) is -0.599. The average molecular weight is 465 g/mol.